The largest absolute Gasteiger partial charge is 0.508 e. The van der Waals surface area contributed by atoms with Gasteiger partial charge in [0.1, 0.15) is 22.9 Å². The van der Waals surface area contributed by atoms with Crippen molar-refractivity contribution in [1.29, 1.82) is 0 Å². The van der Waals surface area contributed by atoms with E-state index in [-0.39, 0.29) is 34.4 Å². The van der Waals surface area contributed by atoms with E-state index in [9.17, 15) is 15.0 Å². The summed E-state index contributed by atoms with van der Waals surface area (Å²) in [6.45, 7) is 2.07. The average molecular weight is 402 g/mol. The van der Waals surface area contributed by atoms with Gasteiger partial charge in [-0.05, 0) is 19.1 Å². The van der Waals surface area contributed by atoms with Crippen LogP contribution in [0, 0.1) is 0 Å². The summed E-state index contributed by atoms with van der Waals surface area (Å²) in [6.07, 6.45) is 1.77. The number of phenolic OH excluding ortho intramolecular Hbond substituents is 2. The third-order valence-electron chi connectivity index (χ3n) is 3.20. The lowest BCUT2D eigenvalue weighted by Crippen LogP contribution is -2.39. The quantitative estimate of drug-likeness (QED) is 0.590. The zero-order valence-electron chi connectivity index (χ0n) is 12.5. The van der Waals surface area contributed by atoms with Crippen molar-refractivity contribution in [2.75, 3.05) is 18.8 Å². The van der Waals surface area contributed by atoms with Crippen molar-refractivity contribution < 1.29 is 19.7 Å². The summed E-state index contributed by atoms with van der Waals surface area (Å²) in [4.78, 5) is 12.0. The Hall–Kier alpha value is -2.00. The summed E-state index contributed by atoms with van der Waals surface area (Å²) < 4.78 is 6.80. The zero-order valence-corrected chi connectivity index (χ0v) is 15.0. The zero-order chi connectivity index (χ0) is 15.9. The van der Waals surface area contributed by atoms with Crippen molar-refractivity contribution in [3.63, 3.8) is 0 Å². The van der Waals surface area contributed by atoms with Crippen molar-refractivity contribution in [3.05, 3.63) is 41.1 Å². The molecule has 1 aromatic rings. The van der Waals surface area contributed by atoms with Crippen LogP contribution in [0.5, 0.6) is 11.5 Å². The van der Waals surface area contributed by atoms with Gasteiger partial charge in [0.15, 0.2) is 0 Å². The van der Waals surface area contributed by atoms with E-state index in [1.54, 1.807) is 46.2 Å². The lowest BCUT2D eigenvalue weighted by Gasteiger charge is -2.33. The topological polar surface area (TPSA) is 76.5 Å². The molecule has 0 radical (unpaired) electrons. The second-order valence-corrected chi connectivity index (χ2v) is 5.47. The van der Waals surface area contributed by atoms with Gasteiger partial charge in [-0.2, -0.15) is 5.12 Å². The molecule has 2 aliphatic heterocycles. The van der Waals surface area contributed by atoms with Crippen LogP contribution < -0.4 is 5.12 Å². The van der Waals surface area contributed by atoms with E-state index in [1.165, 1.54) is 24.1 Å². The number of hydrogen-bond donors (Lipinski definition) is 2. The summed E-state index contributed by atoms with van der Waals surface area (Å²) in [5.41, 5.74) is 1.63. The van der Waals surface area contributed by atoms with Gasteiger partial charge in [0, 0.05) is 30.5 Å². The molecule has 1 aromatic carbocycles. The highest BCUT2D eigenvalue weighted by Crippen LogP contribution is 2.45. The number of hydrazine groups is 2. The second kappa shape index (κ2) is 6.63. The number of ether oxygens (including phenoxy) is 1. The fraction of sp³-hybridized carbons (Fsp3) is 0.214. The van der Waals surface area contributed by atoms with Crippen molar-refractivity contribution >= 4 is 40.6 Å². The molecule has 0 bridgehead atoms. The smallest absolute Gasteiger partial charge is 0.341 e. The molecule has 0 spiro atoms. The summed E-state index contributed by atoms with van der Waals surface area (Å²) in [6, 6.07) is 4.35. The summed E-state index contributed by atoms with van der Waals surface area (Å²) >= 11 is 1.31. The van der Waals surface area contributed by atoms with Crippen molar-refractivity contribution in [3.8, 4) is 11.5 Å². The van der Waals surface area contributed by atoms with Crippen LogP contribution in [-0.4, -0.2) is 39.3 Å². The maximum Gasteiger partial charge on any atom is 0.341 e. The Balaban J connectivity index is 0.00000192. The lowest BCUT2D eigenvalue weighted by molar-refractivity contribution is -0.138. The molecular formula is C14H16BrN3O4S. The molecule has 3 rings (SSSR count). The minimum atomic E-state index is -0.381. The maximum absolute atomic E-state index is 12.0. The van der Waals surface area contributed by atoms with Crippen molar-refractivity contribution in [1.82, 2.24) is 9.42 Å². The van der Waals surface area contributed by atoms with Gasteiger partial charge in [-0.15, -0.1) is 17.0 Å². The molecule has 2 heterocycles. The van der Waals surface area contributed by atoms with Crippen molar-refractivity contribution in [2.24, 2.45) is 0 Å². The molecule has 9 heteroatoms. The molecule has 0 aromatic heterocycles. The fourth-order valence-electron chi connectivity index (χ4n) is 2.26. The molecule has 0 saturated heterocycles. The summed E-state index contributed by atoms with van der Waals surface area (Å²) in [7, 11) is 1.79. The highest BCUT2D eigenvalue weighted by molar-refractivity contribution is 8.93. The number of hydrogen-bond acceptors (Lipinski definition) is 8. The highest BCUT2D eigenvalue weighted by Gasteiger charge is 2.38. The van der Waals surface area contributed by atoms with E-state index in [0.29, 0.717) is 23.6 Å². The third kappa shape index (κ3) is 2.93. The molecule has 0 amide bonds. The first-order valence-corrected chi connectivity index (χ1v) is 7.47. The normalized spacial score (nSPS) is 15.8. The van der Waals surface area contributed by atoms with E-state index in [1.807, 2.05) is 0 Å². The number of rotatable bonds is 3. The number of halogens is 1. The molecule has 7 nitrogen and oxygen atoms in total. The van der Waals surface area contributed by atoms with Gasteiger partial charge >= 0.3 is 5.97 Å². The summed E-state index contributed by atoms with van der Waals surface area (Å²) in [5, 5.41) is 24.6. The second-order valence-electron chi connectivity index (χ2n) is 4.68. The Morgan fingerprint density at radius 2 is 2.09 bits per heavy atom. The van der Waals surface area contributed by atoms with E-state index >= 15 is 0 Å². The number of aromatic hydroxyl groups is 2. The lowest BCUT2D eigenvalue weighted by atomic mass is 10.2. The first kappa shape index (κ1) is 17.4. The molecular weight excluding hydrogens is 386 g/mol. The van der Waals surface area contributed by atoms with Gasteiger partial charge in [0.2, 0.25) is 0 Å². The fourth-order valence-corrected chi connectivity index (χ4v) is 3.23. The van der Waals surface area contributed by atoms with Crippen LogP contribution in [-0.2, 0) is 9.53 Å². The van der Waals surface area contributed by atoms with Gasteiger partial charge in [0.05, 0.1) is 18.4 Å². The standard InChI is InChI=1S/C14H15N3O4S.BrH/c1-3-21-14(20)10-8-22-17-12(10)7-15(2)16(17)11-5-4-9(18)6-13(11)19;/h4-8,18-19H,3H2,1-2H3;1H. The molecule has 124 valence electrons. The highest BCUT2D eigenvalue weighted by atomic mass is 79.9. The molecule has 0 unspecified atom stereocenters. The van der Waals surface area contributed by atoms with Crippen LogP contribution in [0.4, 0.5) is 5.69 Å². The predicted octanol–water partition coefficient (Wildman–Crippen LogP) is 2.51. The molecule has 23 heavy (non-hydrogen) atoms. The van der Waals surface area contributed by atoms with Gasteiger partial charge in [0.25, 0.3) is 0 Å². The number of anilines is 1. The van der Waals surface area contributed by atoms with Crippen LogP contribution >= 0.6 is 28.9 Å². The van der Waals surface area contributed by atoms with Crippen LogP contribution in [0.25, 0.3) is 0 Å². The third-order valence-corrected chi connectivity index (χ3v) is 4.09. The van der Waals surface area contributed by atoms with E-state index in [2.05, 4.69) is 0 Å². The van der Waals surface area contributed by atoms with Crippen LogP contribution in [0.3, 0.4) is 0 Å². The predicted molar refractivity (Wildman–Crippen MR) is 92.6 cm³/mol. The van der Waals surface area contributed by atoms with E-state index in [0.717, 1.165) is 0 Å². The molecule has 0 aliphatic carbocycles. The molecule has 2 aliphatic rings. The van der Waals surface area contributed by atoms with Gasteiger partial charge in [-0.3, -0.25) is 5.01 Å². The molecule has 0 atom stereocenters. The van der Waals surface area contributed by atoms with Gasteiger partial charge < -0.3 is 14.9 Å². The van der Waals surface area contributed by atoms with Crippen molar-refractivity contribution in [2.45, 2.75) is 6.92 Å². The number of esters is 1. The van der Waals surface area contributed by atoms with Crippen LogP contribution in [0.15, 0.2) is 41.1 Å². The van der Waals surface area contributed by atoms with Gasteiger partial charge in [-0.1, -0.05) is 0 Å². The Kier molecular flexibility index (Phi) is 5.00. The number of benzene rings is 1. The Labute approximate surface area is 148 Å². The minimum absolute atomic E-state index is 0. The van der Waals surface area contributed by atoms with Gasteiger partial charge in [-0.25, -0.2) is 9.21 Å². The maximum atomic E-state index is 12.0. The number of phenols is 2. The Bertz CT molecular complexity index is 695. The number of carbonyl (C=O) groups is 1. The van der Waals surface area contributed by atoms with E-state index in [4.69, 9.17) is 4.74 Å². The minimum Gasteiger partial charge on any atom is -0.508 e. The molecule has 0 fully saturated rings. The molecule has 0 saturated carbocycles. The number of fused-ring (bicyclic) bond motifs is 1. The first-order valence-electron chi connectivity index (χ1n) is 6.64. The summed E-state index contributed by atoms with van der Waals surface area (Å²) in [5.74, 6) is -0.462. The molecule has 2 N–H and O–H groups in total. The van der Waals surface area contributed by atoms with Crippen LogP contribution in [0.1, 0.15) is 6.92 Å². The van der Waals surface area contributed by atoms with Crippen LogP contribution in [0.2, 0.25) is 0 Å². The number of carbonyl (C=O) groups excluding carboxylic acids is 1. The van der Waals surface area contributed by atoms with E-state index < -0.39 is 0 Å². The Morgan fingerprint density at radius 3 is 2.74 bits per heavy atom. The monoisotopic (exact) mass is 401 g/mol. The Morgan fingerprint density at radius 1 is 1.35 bits per heavy atom. The average Bonchev–Trinajstić information content (AvgIpc) is 2.98. The first-order chi connectivity index (χ1) is 10.5. The SMILES string of the molecule is Br.CCOC(=O)C1=CSN2C1=CN(C)N2c1ccc(O)cc1O. The number of nitrogens with zero attached hydrogens (tertiary/aromatic N) is 3.